The largest absolute Gasteiger partial charge is 0.497 e. The average molecular weight is 395 g/mol. The van der Waals surface area contributed by atoms with Gasteiger partial charge >= 0.3 is 5.97 Å². The van der Waals surface area contributed by atoms with E-state index in [0.717, 1.165) is 30.9 Å². The van der Waals surface area contributed by atoms with Crippen LogP contribution in [0.15, 0.2) is 48.5 Å². The van der Waals surface area contributed by atoms with Crippen LogP contribution < -0.4 is 15.0 Å². The van der Waals surface area contributed by atoms with Crippen LogP contribution in [0, 0.1) is 5.92 Å². The van der Waals surface area contributed by atoms with Gasteiger partial charge in [-0.05, 0) is 49.2 Å². The molecular weight excluding hydrogens is 368 g/mol. The lowest BCUT2D eigenvalue weighted by molar-refractivity contribution is -0.466. The first-order chi connectivity index (χ1) is 14.1. The second-order valence-corrected chi connectivity index (χ2v) is 6.85. The zero-order valence-corrected chi connectivity index (χ0v) is 16.9. The molecule has 0 aliphatic carbocycles. The van der Waals surface area contributed by atoms with Crippen molar-refractivity contribution in [2.45, 2.75) is 19.8 Å². The number of ketones is 1. The summed E-state index contributed by atoms with van der Waals surface area (Å²) < 4.78 is 10.4. The van der Waals surface area contributed by atoms with E-state index >= 15 is 0 Å². The first-order valence-corrected chi connectivity index (χ1v) is 9.92. The Morgan fingerprint density at radius 1 is 1.14 bits per heavy atom. The van der Waals surface area contributed by atoms with Gasteiger partial charge in [-0.3, -0.25) is 15.1 Å². The summed E-state index contributed by atoms with van der Waals surface area (Å²) in [5, 5.41) is 3.33. The Bertz CT molecular complexity index is 890. The molecule has 1 heterocycles. The molecule has 1 aliphatic rings. The van der Waals surface area contributed by atoms with Crippen LogP contribution in [0.2, 0.25) is 0 Å². The molecule has 152 valence electrons. The lowest BCUT2D eigenvalue weighted by Gasteiger charge is -2.19. The zero-order valence-electron chi connectivity index (χ0n) is 16.9. The van der Waals surface area contributed by atoms with Crippen molar-refractivity contribution in [3.63, 3.8) is 0 Å². The van der Waals surface area contributed by atoms with E-state index < -0.39 is 5.92 Å². The molecule has 0 bridgehead atoms. The average Bonchev–Trinajstić information content (AvgIpc) is 2.78. The van der Waals surface area contributed by atoms with E-state index in [0.29, 0.717) is 29.9 Å². The summed E-state index contributed by atoms with van der Waals surface area (Å²) in [5.41, 5.74) is 1.89. The highest BCUT2D eigenvalue weighted by atomic mass is 16.5. The number of Topliss-reactive ketones (excluding diaryl/α,β-unsaturated/α-hetero) is 1. The van der Waals surface area contributed by atoms with Crippen LogP contribution in [0.1, 0.15) is 39.6 Å². The SMILES string of the molecule is CCOC(=O)c1ccccc1CC(C(=O)c1ccc(OC)cc1)C1=[NH+]CCCN1. The molecule has 2 N–H and O–H groups in total. The Morgan fingerprint density at radius 2 is 1.90 bits per heavy atom. The number of esters is 1. The molecule has 0 aromatic heterocycles. The summed E-state index contributed by atoms with van der Waals surface area (Å²) >= 11 is 0. The van der Waals surface area contributed by atoms with Gasteiger partial charge in [0.15, 0.2) is 5.78 Å². The smallest absolute Gasteiger partial charge is 0.338 e. The van der Waals surface area contributed by atoms with Crippen LogP contribution in [0.25, 0.3) is 0 Å². The van der Waals surface area contributed by atoms with E-state index in [9.17, 15) is 9.59 Å². The second-order valence-electron chi connectivity index (χ2n) is 6.85. The fraction of sp³-hybridized carbons (Fsp3) is 0.348. The number of nitrogens with one attached hydrogen (secondary N) is 2. The summed E-state index contributed by atoms with van der Waals surface area (Å²) in [5.74, 6) is 0.679. The molecule has 1 aliphatic heterocycles. The Morgan fingerprint density at radius 3 is 2.55 bits per heavy atom. The summed E-state index contributed by atoms with van der Waals surface area (Å²) in [7, 11) is 1.59. The van der Waals surface area contributed by atoms with Crippen LogP contribution in [0.3, 0.4) is 0 Å². The number of rotatable bonds is 8. The highest BCUT2D eigenvalue weighted by Gasteiger charge is 2.32. The minimum atomic E-state index is -0.445. The molecular formula is C23H27N2O4+. The van der Waals surface area contributed by atoms with Crippen molar-refractivity contribution in [3.8, 4) is 5.75 Å². The molecule has 0 fully saturated rings. The normalized spacial score (nSPS) is 14.3. The van der Waals surface area contributed by atoms with Crippen LogP contribution in [0.4, 0.5) is 0 Å². The van der Waals surface area contributed by atoms with Gasteiger partial charge in [0.05, 0.1) is 32.4 Å². The van der Waals surface area contributed by atoms with Gasteiger partial charge in [-0.1, -0.05) is 18.2 Å². The molecule has 0 saturated carbocycles. The first-order valence-electron chi connectivity index (χ1n) is 9.92. The number of carbonyl (C=O) groups is 2. The topological polar surface area (TPSA) is 78.6 Å². The fourth-order valence-electron chi connectivity index (χ4n) is 3.45. The molecule has 2 aromatic rings. The monoisotopic (exact) mass is 395 g/mol. The number of carbonyl (C=O) groups excluding carboxylic acids is 2. The van der Waals surface area contributed by atoms with Crippen molar-refractivity contribution in [2.75, 3.05) is 26.8 Å². The quantitative estimate of drug-likeness (QED) is 0.522. The van der Waals surface area contributed by atoms with E-state index in [2.05, 4.69) is 10.3 Å². The third-order valence-corrected chi connectivity index (χ3v) is 4.96. The maximum absolute atomic E-state index is 13.4. The van der Waals surface area contributed by atoms with E-state index in [4.69, 9.17) is 9.47 Å². The minimum absolute atomic E-state index is 0.0109. The molecule has 0 saturated heterocycles. The van der Waals surface area contributed by atoms with Gasteiger partial charge in [-0.15, -0.1) is 0 Å². The fourth-order valence-corrected chi connectivity index (χ4v) is 3.45. The maximum atomic E-state index is 13.4. The van der Waals surface area contributed by atoms with Gasteiger partial charge in [0.1, 0.15) is 11.7 Å². The van der Waals surface area contributed by atoms with Gasteiger partial charge in [0, 0.05) is 12.0 Å². The highest BCUT2D eigenvalue weighted by Crippen LogP contribution is 2.21. The summed E-state index contributed by atoms with van der Waals surface area (Å²) in [6, 6.07) is 14.4. The van der Waals surface area contributed by atoms with E-state index in [1.807, 2.05) is 12.1 Å². The van der Waals surface area contributed by atoms with Crippen molar-refractivity contribution >= 4 is 17.6 Å². The Labute approximate surface area is 170 Å². The van der Waals surface area contributed by atoms with Crippen LogP contribution in [0.5, 0.6) is 5.75 Å². The van der Waals surface area contributed by atoms with E-state index in [-0.39, 0.29) is 11.8 Å². The van der Waals surface area contributed by atoms with Crippen molar-refractivity contribution < 1.29 is 24.1 Å². The number of ether oxygens (including phenoxy) is 2. The molecule has 6 heteroatoms. The standard InChI is InChI=1S/C23H26N2O4/c1-3-29-23(27)19-8-5-4-7-17(19)15-20(22-24-13-6-14-25-22)21(26)16-9-11-18(28-2)12-10-16/h4-5,7-12,20H,3,6,13-15H2,1-2H3,(H,24,25)/p+1. The number of amidine groups is 1. The van der Waals surface area contributed by atoms with Crippen LogP contribution >= 0.6 is 0 Å². The zero-order chi connectivity index (χ0) is 20.6. The van der Waals surface area contributed by atoms with Crippen molar-refractivity contribution in [2.24, 2.45) is 5.92 Å². The summed E-state index contributed by atoms with van der Waals surface area (Å²) in [6.07, 6.45) is 1.39. The number of benzene rings is 2. The third-order valence-electron chi connectivity index (χ3n) is 4.96. The van der Waals surface area contributed by atoms with Crippen molar-refractivity contribution in [1.82, 2.24) is 5.32 Å². The lowest BCUT2D eigenvalue weighted by atomic mass is 9.88. The Balaban J connectivity index is 1.93. The molecule has 0 spiro atoms. The summed E-state index contributed by atoms with van der Waals surface area (Å²) in [6.45, 7) is 3.71. The predicted molar refractivity (Wildman–Crippen MR) is 110 cm³/mol. The van der Waals surface area contributed by atoms with Gasteiger partial charge in [-0.25, -0.2) is 4.79 Å². The molecule has 29 heavy (non-hydrogen) atoms. The van der Waals surface area contributed by atoms with Gasteiger partial charge < -0.3 is 9.47 Å². The Kier molecular flexibility index (Phi) is 7.00. The Hall–Kier alpha value is -3.15. The molecule has 2 aromatic carbocycles. The number of methoxy groups -OCH3 is 1. The van der Waals surface area contributed by atoms with Crippen molar-refractivity contribution in [1.29, 1.82) is 0 Å². The first kappa shape index (κ1) is 20.6. The highest BCUT2D eigenvalue weighted by molar-refractivity contribution is 6.10. The molecule has 0 radical (unpaired) electrons. The van der Waals surface area contributed by atoms with E-state index in [1.54, 1.807) is 50.4 Å². The van der Waals surface area contributed by atoms with Gasteiger partial charge in [0.2, 0.25) is 0 Å². The minimum Gasteiger partial charge on any atom is -0.497 e. The van der Waals surface area contributed by atoms with E-state index in [1.165, 1.54) is 0 Å². The summed E-state index contributed by atoms with van der Waals surface area (Å²) in [4.78, 5) is 29.1. The molecule has 0 amide bonds. The van der Waals surface area contributed by atoms with Crippen molar-refractivity contribution in [3.05, 3.63) is 65.2 Å². The van der Waals surface area contributed by atoms with Crippen LogP contribution in [-0.4, -0.2) is 44.4 Å². The molecule has 1 unspecified atom stereocenters. The van der Waals surface area contributed by atoms with Gasteiger partial charge in [0.25, 0.3) is 5.84 Å². The molecule has 6 nitrogen and oxygen atoms in total. The maximum Gasteiger partial charge on any atom is 0.338 e. The second kappa shape index (κ2) is 9.87. The third kappa shape index (κ3) is 5.02. The predicted octanol–water partition coefficient (Wildman–Crippen LogP) is 1.39. The number of hydrogen-bond donors (Lipinski definition) is 2. The van der Waals surface area contributed by atoms with Crippen LogP contribution in [-0.2, 0) is 11.2 Å². The van der Waals surface area contributed by atoms with Gasteiger partial charge in [-0.2, -0.15) is 0 Å². The molecule has 1 atom stereocenters. The lowest BCUT2D eigenvalue weighted by Crippen LogP contribution is -2.81. The molecule has 3 rings (SSSR count). The number of hydrogen-bond acceptors (Lipinski definition) is 5.